The van der Waals surface area contributed by atoms with E-state index >= 15 is 0 Å². The molecule has 15 heavy (non-hydrogen) atoms. The van der Waals surface area contributed by atoms with Crippen molar-refractivity contribution in [2.24, 2.45) is 0 Å². The summed E-state index contributed by atoms with van der Waals surface area (Å²) in [7, 11) is 1.58. The van der Waals surface area contributed by atoms with E-state index in [0.29, 0.717) is 24.3 Å². The number of benzene rings is 1. The Labute approximate surface area is 88.5 Å². The summed E-state index contributed by atoms with van der Waals surface area (Å²) in [5.74, 6) is -0.156. The molecule has 0 unspecified atom stereocenters. The fourth-order valence-corrected chi connectivity index (χ4v) is 1.06. The van der Waals surface area contributed by atoms with Gasteiger partial charge in [0.15, 0.2) is 0 Å². The van der Waals surface area contributed by atoms with E-state index in [0.717, 1.165) is 0 Å². The number of amides is 1. The fraction of sp³-hybridized carbons (Fsp3) is 0.273. The Hall–Kier alpha value is -1.86. The zero-order valence-corrected chi connectivity index (χ0v) is 8.49. The van der Waals surface area contributed by atoms with Crippen molar-refractivity contribution in [1.82, 2.24) is 5.32 Å². The first-order chi connectivity index (χ1) is 7.27. The van der Waals surface area contributed by atoms with Gasteiger partial charge in [0.1, 0.15) is 0 Å². The number of methoxy groups -OCH3 is 1. The fourth-order valence-electron chi connectivity index (χ4n) is 1.06. The SMILES string of the molecule is COCCNC(=O)c1ccc(C#N)cc1. The third-order valence-corrected chi connectivity index (χ3v) is 1.87. The molecule has 0 aliphatic heterocycles. The molecule has 4 nitrogen and oxygen atoms in total. The van der Waals surface area contributed by atoms with Crippen LogP contribution in [0.15, 0.2) is 24.3 Å². The third kappa shape index (κ3) is 3.41. The van der Waals surface area contributed by atoms with Crippen LogP contribution in [0, 0.1) is 11.3 Å². The predicted octanol–water partition coefficient (Wildman–Crippen LogP) is 0.934. The Morgan fingerprint density at radius 3 is 2.67 bits per heavy atom. The van der Waals surface area contributed by atoms with Gasteiger partial charge in [-0.05, 0) is 24.3 Å². The normalized spacial score (nSPS) is 9.33. The monoisotopic (exact) mass is 204 g/mol. The minimum Gasteiger partial charge on any atom is -0.383 e. The molecule has 0 atom stereocenters. The lowest BCUT2D eigenvalue weighted by atomic mass is 10.1. The number of nitrogens with zero attached hydrogens (tertiary/aromatic N) is 1. The number of nitrogens with one attached hydrogen (secondary N) is 1. The van der Waals surface area contributed by atoms with Gasteiger partial charge in [-0.25, -0.2) is 0 Å². The largest absolute Gasteiger partial charge is 0.383 e. The highest BCUT2D eigenvalue weighted by Gasteiger charge is 2.03. The Morgan fingerprint density at radius 1 is 1.47 bits per heavy atom. The molecule has 1 aromatic rings. The molecule has 1 aromatic carbocycles. The van der Waals surface area contributed by atoms with E-state index in [1.54, 1.807) is 31.4 Å². The molecule has 1 amide bonds. The lowest BCUT2D eigenvalue weighted by molar-refractivity contribution is 0.0937. The predicted molar refractivity (Wildman–Crippen MR) is 55.4 cm³/mol. The summed E-state index contributed by atoms with van der Waals surface area (Å²) < 4.78 is 4.81. The maximum atomic E-state index is 11.5. The van der Waals surface area contributed by atoms with Crippen molar-refractivity contribution in [3.63, 3.8) is 0 Å². The molecule has 0 heterocycles. The standard InChI is InChI=1S/C11H12N2O2/c1-15-7-6-13-11(14)10-4-2-9(8-12)3-5-10/h2-5H,6-7H2,1H3,(H,13,14). The summed E-state index contributed by atoms with van der Waals surface area (Å²) in [6.07, 6.45) is 0. The van der Waals surface area contributed by atoms with Crippen LogP contribution in [0.2, 0.25) is 0 Å². The lowest BCUT2D eigenvalue weighted by Crippen LogP contribution is -2.26. The molecule has 78 valence electrons. The van der Waals surface area contributed by atoms with E-state index < -0.39 is 0 Å². The van der Waals surface area contributed by atoms with Gasteiger partial charge >= 0.3 is 0 Å². The minimum atomic E-state index is -0.156. The topological polar surface area (TPSA) is 62.1 Å². The molecule has 1 N–H and O–H groups in total. The number of carbonyl (C=O) groups is 1. The van der Waals surface area contributed by atoms with E-state index in [4.69, 9.17) is 10.00 Å². The lowest BCUT2D eigenvalue weighted by Gasteiger charge is -2.03. The first-order valence-electron chi connectivity index (χ1n) is 4.55. The summed E-state index contributed by atoms with van der Waals surface area (Å²) >= 11 is 0. The molecule has 0 radical (unpaired) electrons. The van der Waals surface area contributed by atoms with Gasteiger partial charge < -0.3 is 10.1 Å². The molecule has 0 fully saturated rings. The average molecular weight is 204 g/mol. The van der Waals surface area contributed by atoms with E-state index in [2.05, 4.69) is 5.32 Å². The highest BCUT2D eigenvalue weighted by atomic mass is 16.5. The molecule has 0 aliphatic rings. The summed E-state index contributed by atoms with van der Waals surface area (Å²) in [4.78, 5) is 11.5. The van der Waals surface area contributed by atoms with Gasteiger partial charge in [0.2, 0.25) is 0 Å². The molecule has 0 aromatic heterocycles. The summed E-state index contributed by atoms with van der Waals surface area (Å²) in [5.41, 5.74) is 1.09. The van der Waals surface area contributed by atoms with Crippen molar-refractivity contribution in [3.8, 4) is 6.07 Å². The van der Waals surface area contributed by atoms with Crippen molar-refractivity contribution in [2.45, 2.75) is 0 Å². The molecule has 0 bridgehead atoms. The molecule has 0 saturated heterocycles. The van der Waals surface area contributed by atoms with Crippen molar-refractivity contribution >= 4 is 5.91 Å². The number of carbonyl (C=O) groups excluding carboxylic acids is 1. The van der Waals surface area contributed by atoms with Crippen LogP contribution in [-0.2, 0) is 4.74 Å². The quantitative estimate of drug-likeness (QED) is 0.742. The van der Waals surface area contributed by atoms with Crippen LogP contribution in [0.3, 0.4) is 0 Å². The van der Waals surface area contributed by atoms with Crippen molar-refractivity contribution in [2.75, 3.05) is 20.3 Å². The van der Waals surface area contributed by atoms with E-state index in [9.17, 15) is 4.79 Å². The van der Waals surface area contributed by atoms with Crippen molar-refractivity contribution in [1.29, 1.82) is 5.26 Å². The van der Waals surface area contributed by atoms with Gasteiger partial charge in [-0.15, -0.1) is 0 Å². The zero-order chi connectivity index (χ0) is 11.1. The van der Waals surface area contributed by atoms with Gasteiger partial charge in [0.05, 0.1) is 18.2 Å². The Kier molecular flexibility index (Phi) is 4.32. The maximum absolute atomic E-state index is 11.5. The first-order valence-corrected chi connectivity index (χ1v) is 4.55. The van der Waals surface area contributed by atoms with Crippen LogP contribution in [0.1, 0.15) is 15.9 Å². The van der Waals surface area contributed by atoms with E-state index in [-0.39, 0.29) is 5.91 Å². The summed E-state index contributed by atoms with van der Waals surface area (Å²) in [6, 6.07) is 8.48. The van der Waals surface area contributed by atoms with Gasteiger partial charge in [0.25, 0.3) is 5.91 Å². The van der Waals surface area contributed by atoms with Crippen molar-refractivity contribution in [3.05, 3.63) is 35.4 Å². The Morgan fingerprint density at radius 2 is 2.13 bits per heavy atom. The molecule has 0 saturated carbocycles. The van der Waals surface area contributed by atoms with E-state index in [1.165, 1.54) is 0 Å². The second-order valence-electron chi connectivity index (χ2n) is 2.94. The molecule has 0 spiro atoms. The number of nitriles is 1. The number of hydrogen-bond donors (Lipinski definition) is 1. The highest BCUT2D eigenvalue weighted by Crippen LogP contribution is 2.02. The third-order valence-electron chi connectivity index (χ3n) is 1.87. The van der Waals surface area contributed by atoms with Crippen LogP contribution in [0.5, 0.6) is 0 Å². The van der Waals surface area contributed by atoms with Crippen LogP contribution in [0.4, 0.5) is 0 Å². The highest BCUT2D eigenvalue weighted by molar-refractivity contribution is 5.94. The van der Waals surface area contributed by atoms with Crippen molar-refractivity contribution < 1.29 is 9.53 Å². The number of ether oxygens (including phenoxy) is 1. The van der Waals surface area contributed by atoms with Gasteiger partial charge in [-0.1, -0.05) is 0 Å². The molecule has 4 heteroatoms. The van der Waals surface area contributed by atoms with E-state index in [1.807, 2.05) is 6.07 Å². The second-order valence-corrected chi connectivity index (χ2v) is 2.94. The van der Waals surface area contributed by atoms with Gasteiger partial charge in [-0.3, -0.25) is 4.79 Å². The number of hydrogen-bond acceptors (Lipinski definition) is 3. The molecular formula is C11H12N2O2. The summed E-state index contributed by atoms with van der Waals surface area (Å²) in [5, 5.41) is 11.3. The summed E-state index contributed by atoms with van der Waals surface area (Å²) in [6.45, 7) is 0.970. The Bertz CT molecular complexity index is 365. The second kappa shape index (κ2) is 5.78. The first kappa shape index (κ1) is 11.2. The van der Waals surface area contributed by atoms with Crippen LogP contribution >= 0.6 is 0 Å². The minimum absolute atomic E-state index is 0.156. The molecule has 0 aliphatic carbocycles. The number of rotatable bonds is 4. The van der Waals surface area contributed by atoms with Gasteiger partial charge in [-0.2, -0.15) is 5.26 Å². The molecule has 1 rings (SSSR count). The van der Waals surface area contributed by atoms with Gasteiger partial charge in [0, 0.05) is 19.2 Å². The smallest absolute Gasteiger partial charge is 0.251 e. The zero-order valence-electron chi connectivity index (χ0n) is 8.49. The van der Waals surface area contributed by atoms with Crippen LogP contribution in [0.25, 0.3) is 0 Å². The Balaban J connectivity index is 2.55. The van der Waals surface area contributed by atoms with Crippen LogP contribution in [-0.4, -0.2) is 26.2 Å². The van der Waals surface area contributed by atoms with Crippen LogP contribution < -0.4 is 5.32 Å². The average Bonchev–Trinajstić information content (AvgIpc) is 2.29. The molecular weight excluding hydrogens is 192 g/mol. The maximum Gasteiger partial charge on any atom is 0.251 e.